The van der Waals surface area contributed by atoms with Crippen LogP contribution in [0.2, 0.25) is 0 Å². The second-order valence-electron chi connectivity index (χ2n) is 14.1. The van der Waals surface area contributed by atoms with Gasteiger partial charge in [-0.1, -0.05) is 129 Å². The summed E-state index contributed by atoms with van der Waals surface area (Å²) < 4.78 is 2.38. The van der Waals surface area contributed by atoms with Gasteiger partial charge in [-0.2, -0.15) is 0 Å². The van der Waals surface area contributed by atoms with Crippen LogP contribution in [-0.4, -0.2) is 9.55 Å². The van der Waals surface area contributed by atoms with Crippen LogP contribution in [0.1, 0.15) is 25.0 Å². The van der Waals surface area contributed by atoms with E-state index in [4.69, 9.17) is 0 Å². The molecule has 0 fully saturated rings. The van der Waals surface area contributed by atoms with Crippen molar-refractivity contribution in [2.45, 2.75) is 19.3 Å². The highest BCUT2D eigenvalue weighted by Crippen LogP contribution is 2.51. The van der Waals surface area contributed by atoms with Crippen LogP contribution in [-0.2, 0) is 5.41 Å². The van der Waals surface area contributed by atoms with Crippen LogP contribution in [0.4, 0.5) is 0 Å². The molecular weight excluding hydrogens is 605 g/mol. The molecule has 7 aromatic carbocycles. The van der Waals surface area contributed by atoms with E-state index in [9.17, 15) is 0 Å². The molecule has 2 nitrogen and oxygen atoms in total. The number of benzene rings is 7. The van der Waals surface area contributed by atoms with Crippen LogP contribution in [0.3, 0.4) is 0 Å². The molecular formula is C48H34N2. The molecule has 0 saturated heterocycles. The minimum Gasteiger partial charge on any atom is -0.309 e. The molecule has 0 N–H and O–H groups in total. The molecule has 1 aliphatic carbocycles. The molecule has 10 rings (SSSR count). The first-order valence-corrected chi connectivity index (χ1v) is 17.4. The van der Waals surface area contributed by atoms with Crippen molar-refractivity contribution < 1.29 is 0 Å². The van der Waals surface area contributed by atoms with Gasteiger partial charge in [-0.05, 0) is 97.9 Å². The zero-order valence-electron chi connectivity index (χ0n) is 28.1. The van der Waals surface area contributed by atoms with Gasteiger partial charge in [-0.3, -0.25) is 4.98 Å². The number of aromatic nitrogens is 2. The van der Waals surface area contributed by atoms with E-state index in [0.29, 0.717) is 0 Å². The van der Waals surface area contributed by atoms with Gasteiger partial charge < -0.3 is 4.57 Å². The summed E-state index contributed by atoms with van der Waals surface area (Å²) in [5.74, 6) is 0. The highest BCUT2D eigenvalue weighted by atomic mass is 15.0. The zero-order valence-corrected chi connectivity index (χ0v) is 28.1. The van der Waals surface area contributed by atoms with Gasteiger partial charge in [-0.25, -0.2) is 0 Å². The maximum Gasteiger partial charge on any atom is 0.0541 e. The van der Waals surface area contributed by atoms with E-state index >= 15 is 0 Å². The number of rotatable bonds is 4. The minimum atomic E-state index is -0.126. The first kappa shape index (κ1) is 28.7. The monoisotopic (exact) mass is 638 g/mol. The molecule has 0 atom stereocenters. The second kappa shape index (κ2) is 10.9. The van der Waals surface area contributed by atoms with Gasteiger partial charge in [0.1, 0.15) is 0 Å². The predicted octanol–water partition coefficient (Wildman–Crippen LogP) is 12.6. The zero-order chi connectivity index (χ0) is 33.4. The molecule has 0 saturated carbocycles. The Labute approximate surface area is 291 Å². The second-order valence-corrected chi connectivity index (χ2v) is 14.1. The number of fused-ring (bicyclic) bond motifs is 7. The van der Waals surface area contributed by atoms with Crippen molar-refractivity contribution in [3.05, 3.63) is 181 Å². The molecule has 2 heterocycles. The van der Waals surface area contributed by atoms with Crippen molar-refractivity contribution in [3.63, 3.8) is 0 Å². The Morgan fingerprint density at radius 3 is 1.74 bits per heavy atom. The van der Waals surface area contributed by atoms with Crippen molar-refractivity contribution >= 4 is 32.6 Å². The molecule has 0 radical (unpaired) electrons. The SMILES string of the molecule is CC1(C)c2cc(-c3ccc(-c4cncc5ccccc45)cc3)ccc2-c2ccc(-c3ccc4c(c3)c3ccccc3n4-c3ccccc3)cc21. The van der Waals surface area contributed by atoms with E-state index in [2.05, 4.69) is 181 Å². The summed E-state index contributed by atoms with van der Waals surface area (Å²) in [5, 5.41) is 4.94. The van der Waals surface area contributed by atoms with E-state index in [1.54, 1.807) is 0 Å². The molecule has 0 unspecified atom stereocenters. The van der Waals surface area contributed by atoms with Crippen LogP contribution < -0.4 is 0 Å². The number of hydrogen-bond acceptors (Lipinski definition) is 1. The molecule has 0 bridgehead atoms. The number of pyridine rings is 1. The quantitative estimate of drug-likeness (QED) is 0.188. The van der Waals surface area contributed by atoms with Crippen LogP contribution in [0.5, 0.6) is 0 Å². The third kappa shape index (κ3) is 4.32. The highest BCUT2D eigenvalue weighted by Gasteiger charge is 2.36. The van der Waals surface area contributed by atoms with Gasteiger partial charge in [0, 0.05) is 45.2 Å². The van der Waals surface area contributed by atoms with Crippen molar-refractivity contribution in [1.29, 1.82) is 0 Å². The normalized spacial score (nSPS) is 13.2. The lowest BCUT2D eigenvalue weighted by atomic mass is 9.80. The van der Waals surface area contributed by atoms with Crippen LogP contribution in [0.25, 0.3) is 82.8 Å². The summed E-state index contributed by atoms with van der Waals surface area (Å²) in [7, 11) is 0. The summed E-state index contributed by atoms with van der Waals surface area (Å²) in [6.45, 7) is 4.75. The lowest BCUT2D eigenvalue weighted by molar-refractivity contribution is 0.661. The average molecular weight is 639 g/mol. The van der Waals surface area contributed by atoms with Gasteiger partial charge in [0.15, 0.2) is 0 Å². The van der Waals surface area contributed by atoms with Gasteiger partial charge in [0.2, 0.25) is 0 Å². The lowest BCUT2D eigenvalue weighted by Crippen LogP contribution is -2.15. The Kier molecular flexibility index (Phi) is 6.25. The minimum absolute atomic E-state index is 0.126. The molecule has 0 spiro atoms. The number of hydrogen-bond donors (Lipinski definition) is 0. The fourth-order valence-electron chi connectivity index (χ4n) is 8.29. The fraction of sp³-hybridized carbons (Fsp3) is 0.0625. The molecule has 50 heavy (non-hydrogen) atoms. The third-order valence-corrected chi connectivity index (χ3v) is 10.9. The molecule has 236 valence electrons. The Balaban J connectivity index is 1.01. The predicted molar refractivity (Wildman–Crippen MR) is 210 cm³/mol. The first-order chi connectivity index (χ1) is 24.5. The summed E-state index contributed by atoms with van der Waals surface area (Å²) in [6.07, 6.45) is 3.91. The lowest BCUT2D eigenvalue weighted by Gasteiger charge is -2.22. The topological polar surface area (TPSA) is 17.8 Å². The van der Waals surface area contributed by atoms with Gasteiger partial charge in [0.05, 0.1) is 11.0 Å². The Bertz CT molecular complexity index is 2760. The van der Waals surface area contributed by atoms with Gasteiger partial charge in [-0.15, -0.1) is 0 Å². The van der Waals surface area contributed by atoms with Crippen LogP contribution in [0.15, 0.2) is 170 Å². The third-order valence-electron chi connectivity index (χ3n) is 10.9. The molecule has 2 heteroatoms. The van der Waals surface area contributed by atoms with Crippen LogP contribution in [0, 0.1) is 0 Å². The van der Waals surface area contributed by atoms with Crippen LogP contribution >= 0.6 is 0 Å². The summed E-state index contributed by atoms with van der Waals surface area (Å²) in [5.41, 5.74) is 16.2. The van der Waals surface area contributed by atoms with Crippen molar-refractivity contribution in [2.24, 2.45) is 0 Å². The fourth-order valence-corrected chi connectivity index (χ4v) is 8.29. The molecule has 0 aliphatic heterocycles. The van der Waals surface area contributed by atoms with E-state index in [-0.39, 0.29) is 5.41 Å². The van der Waals surface area contributed by atoms with Gasteiger partial charge in [0.25, 0.3) is 0 Å². The van der Waals surface area contributed by atoms with Crippen molar-refractivity contribution in [1.82, 2.24) is 9.55 Å². The standard InChI is InChI=1S/C48H34N2/c1-48(2)44-27-34(31-16-18-32(19-17-31)43-30-49-29-36-10-6-7-13-38(36)43)20-23-39(44)40-24-21-35(28-45(40)48)33-22-25-47-42(26-33)41-14-8-9-15-46(41)50(47)37-11-4-3-5-12-37/h3-30H,1-2H3. The number of nitrogens with zero attached hydrogens (tertiary/aromatic N) is 2. The van der Waals surface area contributed by atoms with Crippen molar-refractivity contribution in [3.8, 4) is 50.2 Å². The maximum absolute atomic E-state index is 4.51. The van der Waals surface area contributed by atoms with E-state index in [1.165, 1.54) is 83.0 Å². The maximum atomic E-state index is 4.51. The van der Waals surface area contributed by atoms with E-state index in [1.807, 2.05) is 12.4 Å². The summed E-state index contributed by atoms with van der Waals surface area (Å²) >= 11 is 0. The highest BCUT2D eigenvalue weighted by molar-refractivity contribution is 6.10. The largest absolute Gasteiger partial charge is 0.309 e. The van der Waals surface area contributed by atoms with Crippen molar-refractivity contribution in [2.75, 3.05) is 0 Å². The Morgan fingerprint density at radius 1 is 0.420 bits per heavy atom. The van der Waals surface area contributed by atoms with E-state index in [0.717, 1.165) is 10.9 Å². The van der Waals surface area contributed by atoms with E-state index < -0.39 is 0 Å². The average Bonchev–Trinajstić information content (AvgIpc) is 3.62. The number of para-hydroxylation sites is 2. The first-order valence-electron chi connectivity index (χ1n) is 17.4. The molecule has 1 aliphatic rings. The Morgan fingerprint density at radius 2 is 0.980 bits per heavy atom. The molecule has 0 amide bonds. The summed E-state index contributed by atoms with van der Waals surface area (Å²) in [6, 6.07) is 57.9. The smallest absolute Gasteiger partial charge is 0.0541 e. The molecule has 2 aromatic heterocycles. The van der Waals surface area contributed by atoms with Gasteiger partial charge >= 0.3 is 0 Å². The summed E-state index contributed by atoms with van der Waals surface area (Å²) in [4.78, 5) is 4.51. The molecule has 9 aromatic rings. The Hall–Kier alpha value is -6.25.